The van der Waals surface area contributed by atoms with Crippen LogP contribution in [0, 0.1) is 0 Å². The van der Waals surface area contributed by atoms with Crippen molar-refractivity contribution < 1.29 is 34.0 Å². The number of ether oxygens (including phenoxy) is 5. The Hall–Kier alpha value is -3.65. The Morgan fingerprint density at radius 3 is 1.39 bits per heavy atom. The average molecular weight is 557 g/mol. The van der Waals surface area contributed by atoms with Gasteiger partial charge in [-0.15, -0.1) is 0 Å². The van der Waals surface area contributed by atoms with E-state index in [4.69, 9.17) is 29.2 Å². The number of benzene rings is 4. The topological polar surface area (TPSA) is 63.2 Å². The Kier molecular flexibility index (Phi) is 9.00. The molecule has 5 unspecified atom stereocenters. The molecule has 4 aromatic carbocycles. The van der Waals surface area contributed by atoms with Crippen LogP contribution < -0.4 is 0 Å². The molecule has 0 saturated carbocycles. The summed E-state index contributed by atoms with van der Waals surface area (Å²) in [4.78, 5) is 12.5. The lowest BCUT2D eigenvalue weighted by molar-refractivity contribution is -0.264. The summed E-state index contributed by atoms with van der Waals surface area (Å²) >= 11 is 0. The van der Waals surface area contributed by atoms with Gasteiger partial charge in [0.1, 0.15) is 30.5 Å². The molecule has 0 amide bonds. The van der Waals surface area contributed by atoms with Gasteiger partial charge in [-0.05, 0) is 22.3 Å². The summed E-state index contributed by atoms with van der Waals surface area (Å²) in [6.45, 7) is -4.84. The second-order valence-electron chi connectivity index (χ2n) is 9.52. The number of carbonyl (C=O) groups is 1. The number of carbonyl (C=O) groups excluding carboxylic acids is 1. The van der Waals surface area contributed by atoms with E-state index < -0.39 is 56.9 Å². The highest BCUT2D eigenvalue weighted by atomic mass is 16.6. The Labute approximate surface area is 247 Å². The fourth-order valence-electron chi connectivity index (χ4n) is 4.50. The molecule has 9 atom stereocenters. The number of rotatable bonds is 14. The van der Waals surface area contributed by atoms with Gasteiger partial charge in [0.2, 0.25) is 0 Å². The van der Waals surface area contributed by atoms with Gasteiger partial charge in [0.25, 0.3) is 0 Å². The molecule has 0 radical (unpaired) electrons. The molecule has 6 nitrogen and oxygen atoms in total. The summed E-state index contributed by atoms with van der Waals surface area (Å²) < 4.78 is 66.0. The summed E-state index contributed by atoms with van der Waals surface area (Å²) in [7, 11) is 0. The normalized spacial score (nSPS) is 26.8. The smallest absolute Gasteiger partial charge is 0.151 e. The van der Waals surface area contributed by atoms with Gasteiger partial charge >= 0.3 is 0 Å². The molecular weight excluding hydrogens is 516 g/mol. The maximum Gasteiger partial charge on any atom is 0.151 e. The number of aldehydes is 1. The molecule has 0 N–H and O–H groups in total. The highest BCUT2D eigenvalue weighted by Crippen LogP contribution is 2.30. The Balaban J connectivity index is 1.49. The van der Waals surface area contributed by atoms with Gasteiger partial charge in [0, 0.05) is 0 Å². The van der Waals surface area contributed by atoms with E-state index in [1.165, 1.54) is 0 Å². The van der Waals surface area contributed by atoms with Crippen LogP contribution in [-0.4, -0.2) is 43.4 Å². The van der Waals surface area contributed by atoms with Crippen LogP contribution in [-0.2, 0) is 54.8 Å². The van der Waals surface area contributed by atoms with Crippen LogP contribution in [0.4, 0.5) is 0 Å². The first-order valence-electron chi connectivity index (χ1n) is 15.8. The van der Waals surface area contributed by atoms with Crippen molar-refractivity contribution in [3.8, 4) is 0 Å². The molecule has 41 heavy (non-hydrogen) atoms. The minimum Gasteiger partial charge on any atom is -0.374 e. The SMILES string of the molecule is [2H]C(OC[C@H]1OC(C=O)[C@@H](OC([2H])c2ccccc2)[C@@H](OC([2H])c2ccccc2)[C@@H]1OC([2H])c1ccccc1)c1ccccc1. The predicted octanol–water partition coefficient (Wildman–Crippen LogP) is 5.93. The van der Waals surface area contributed by atoms with Gasteiger partial charge in [0.15, 0.2) is 6.29 Å². The maximum atomic E-state index is 12.5. The fraction of sp³-hybridized carbons (Fsp3) is 0.286. The van der Waals surface area contributed by atoms with Crippen LogP contribution in [0.3, 0.4) is 0 Å². The second kappa shape index (κ2) is 15.4. The summed E-state index contributed by atoms with van der Waals surface area (Å²) in [5.41, 5.74) is 2.31. The molecule has 212 valence electrons. The quantitative estimate of drug-likeness (QED) is 0.180. The zero-order chi connectivity index (χ0) is 31.6. The van der Waals surface area contributed by atoms with Crippen LogP contribution >= 0.6 is 0 Å². The highest BCUT2D eigenvalue weighted by molar-refractivity contribution is 5.58. The van der Waals surface area contributed by atoms with Crippen molar-refractivity contribution in [3.05, 3.63) is 144 Å². The van der Waals surface area contributed by atoms with E-state index in [1.807, 2.05) is 36.4 Å². The van der Waals surface area contributed by atoms with Crippen molar-refractivity contribution in [1.29, 1.82) is 0 Å². The van der Waals surface area contributed by atoms with Gasteiger partial charge in [-0.2, -0.15) is 0 Å². The van der Waals surface area contributed by atoms with Crippen LogP contribution in [0.15, 0.2) is 121 Å². The molecular formula is C35H36O6. The van der Waals surface area contributed by atoms with E-state index in [2.05, 4.69) is 0 Å². The molecule has 0 aromatic heterocycles. The maximum absolute atomic E-state index is 12.5. The van der Waals surface area contributed by atoms with Crippen molar-refractivity contribution in [1.82, 2.24) is 0 Å². The molecule has 0 spiro atoms. The molecule has 1 fully saturated rings. The molecule has 4 aromatic rings. The zero-order valence-corrected chi connectivity index (χ0v) is 22.5. The first-order chi connectivity index (χ1) is 21.9. The van der Waals surface area contributed by atoms with Crippen molar-refractivity contribution in [2.24, 2.45) is 0 Å². The van der Waals surface area contributed by atoms with Crippen LogP contribution in [0.5, 0.6) is 0 Å². The summed E-state index contributed by atoms with van der Waals surface area (Å²) in [6, 6.07) is 35.7. The van der Waals surface area contributed by atoms with Crippen molar-refractivity contribution >= 4 is 6.29 Å². The van der Waals surface area contributed by atoms with Crippen LogP contribution in [0.1, 0.15) is 27.7 Å². The lowest BCUT2D eigenvalue weighted by Gasteiger charge is -2.44. The minimum absolute atomic E-state index is 0.177. The van der Waals surface area contributed by atoms with Crippen LogP contribution in [0.25, 0.3) is 0 Å². The minimum atomic E-state index is -1.22. The summed E-state index contributed by atoms with van der Waals surface area (Å²) in [5.74, 6) is 0. The predicted molar refractivity (Wildman–Crippen MR) is 156 cm³/mol. The van der Waals surface area contributed by atoms with Crippen molar-refractivity contribution in [3.63, 3.8) is 0 Å². The highest BCUT2D eigenvalue weighted by Gasteiger charge is 2.48. The fourth-order valence-corrected chi connectivity index (χ4v) is 4.50. The van der Waals surface area contributed by atoms with E-state index >= 15 is 0 Å². The second-order valence-corrected chi connectivity index (χ2v) is 9.52. The third kappa shape index (κ3) is 8.43. The Morgan fingerprint density at radius 2 is 0.951 bits per heavy atom. The van der Waals surface area contributed by atoms with Crippen LogP contribution in [0.2, 0.25) is 0 Å². The first-order valence-corrected chi connectivity index (χ1v) is 13.5. The molecule has 1 saturated heterocycles. The number of hydrogen-bond acceptors (Lipinski definition) is 6. The van der Waals surface area contributed by atoms with E-state index in [1.54, 1.807) is 84.9 Å². The molecule has 0 bridgehead atoms. The molecule has 5 rings (SSSR count). The average Bonchev–Trinajstić information content (AvgIpc) is 3.10. The van der Waals surface area contributed by atoms with E-state index in [9.17, 15) is 4.79 Å². The lowest BCUT2D eigenvalue weighted by atomic mass is 9.94. The largest absolute Gasteiger partial charge is 0.374 e. The van der Waals surface area contributed by atoms with E-state index in [0.29, 0.717) is 28.5 Å². The standard InChI is InChI=1S/C35H36O6/c36-21-31-33(38-23-28-15-7-2-8-16-28)35(40-25-30-19-11-4-12-20-30)34(39-24-29-17-9-3-10-18-29)32(41-31)26-37-22-27-13-5-1-6-14-27/h1-21,31-35H,22-26H2/t31?,32-,33-,34-,35-/m1/s1/i22D,23D,24D,25D/t22?,23?,24?,25?,31?,32-,33-,34-,35-. The number of hydrogen-bond donors (Lipinski definition) is 0. The monoisotopic (exact) mass is 556 g/mol. The third-order valence-corrected chi connectivity index (χ3v) is 6.57. The lowest BCUT2D eigenvalue weighted by Crippen LogP contribution is -2.61. The first kappa shape index (κ1) is 24.0. The molecule has 1 heterocycles. The van der Waals surface area contributed by atoms with Gasteiger partial charge < -0.3 is 28.5 Å². The molecule has 1 aliphatic rings. The van der Waals surface area contributed by atoms with Gasteiger partial charge in [-0.3, -0.25) is 0 Å². The van der Waals surface area contributed by atoms with E-state index in [-0.39, 0.29) is 6.61 Å². The van der Waals surface area contributed by atoms with Gasteiger partial charge in [-0.25, -0.2) is 0 Å². The van der Waals surface area contributed by atoms with Gasteiger partial charge in [0.05, 0.1) is 38.4 Å². The Morgan fingerprint density at radius 1 is 0.561 bits per heavy atom. The molecule has 1 aliphatic heterocycles. The van der Waals surface area contributed by atoms with Crippen molar-refractivity contribution in [2.45, 2.75) is 56.9 Å². The Bertz CT molecular complexity index is 1440. The third-order valence-electron chi connectivity index (χ3n) is 6.57. The van der Waals surface area contributed by atoms with Gasteiger partial charge in [-0.1, -0.05) is 121 Å². The summed E-state index contributed by atoms with van der Waals surface area (Å²) in [5, 5.41) is 0. The molecule has 6 heteroatoms. The zero-order valence-electron chi connectivity index (χ0n) is 26.5. The molecule has 0 aliphatic carbocycles. The summed E-state index contributed by atoms with van der Waals surface area (Å²) in [6.07, 6.45) is -5.02. The van der Waals surface area contributed by atoms with E-state index in [0.717, 1.165) is 0 Å². The van der Waals surface area contributed by atoms with Crippen molar-refractivity contribution in [2.75, 3.05) is 6.61 Å².